The number of rotatable bonds is 5. The highest BCUT2D eigenvalue weighted by Gasteiger charge is 2.14. The zero-order chi connectivity index (χ0) is 13.0. The van der Waals surface area contributed by atoms with Gasteiger partial charge in [0.25, 0.3) is 0 Å². The van der Waals surface area contributed by atoms with Crippen LogP contribution in [-0.4, -0.2) is 34.1 Å². The van der Waals surface area contributed by atoms with Crippen molar-refractivity contribution in [1.29, 1.82) is 0 Å². The molecule has 1 N–H and O–H groups in total. The number of hydrogen-bond donors (Lipinski definition) is 1. The fourth-order valence-corrected chi connectivity index (χ4v) is 1.60. The fraction of sp³-hybridized carbons (Fsp3) is 0.583. The summed E-state index contributed by atoms with van der Waals surface area (Å²) in [6, 6.07) is 1.48. The van der Waals surface area contributed by atoms with Gasteiger partial charge in [0.1, 0.15) is 0 Å². The number of hydrogen-bond acceptors (Lipinski definition) is 4. The largest absolute Gasteiger partial charge is 0.477 e. The van der Waals surface area contributed by atoms with E-state index < -0.39 is 5.97 Å². The molecule has 17 heavy (non-hydrogen) atoms. The van der Waals surface area contributed by atoms with E-state index >= 15 is 0 Å². The maximum absolute atomic E-state index is 10.9. The van der Waals surface area contributed by atoms with Gasteiger partial charge in [0.05, 0.1) is 0 Å². The van der Waals surface area contributed by atoms with Crippen LogP contribution in [0, 0.1) is 12.8 Å². The van der Waals surface area contributed by atoms with Gasteiger partial charge in [-0.05, 0) is 25.8 Å². The van der Waals surface area contributed by atoms with Gasteiger partial charge in [-0.2, -0.15) is 0 Å². The second kappa shape index (κ2) is 5.61. The van der Waals surface area contributed by atoms with Crippen LogP contribution in [0.2, 0.25) is 0 Å². The molecule has 0 spiro atoms. The molecule has 0 aromatic carbocycles. The molecule has 0 aliphatic heterocycles. The lowest BCUT2D eigenvalue weighted by Gasteiger charge is -2.23. The number of aryl methyl sites for hydroxylation is 1. The molecule has 0 aliphatic rings. The molecule has 0 unspecified atom stereocenters. The van der Waals surface area contributed by atoms with Crippen LogP contribution in [0.5, 0.6) is 0 Å². The van der Waals surface area contributed by atoms with E-state index in [4.69, 9.17) is 5.11 Å². The monoisotopic (exact) mass is 237 g/mol. The molecule has 0 amide bonds. The number of nitrogens with zero attached hydrogens (tertiary/aromatic N) is 3. The van der Waals surface area contributed by atoms with Crippen molar-refractivity contribution in [2.45, 2.75) is 27.7 Å². The highest BCUT2D eigenvalue weighted by molar-refractivity contribution is 5.85. The van der Waals surface area contributed by atoms with Crippen LogP contribution in [0.3, 0.4) is 0 Å². The van der Waals surface area contributed by atoms with E-state index in [1.807, 2.05) is 11.8 Å². The minimum Gasteiger partial charge on any atom is -0.477 e. The lowest BCUT2D eigenvalue weighted by atomic mass is 10.2. The SMILES string of the molecule is CCN(CC(C)C)c1nc(C)cc(C(=O)O)n1. The van der Waals surface area contributed by atoms with E-state index in [0.717, 1.165) is 13.1 Å². The predicted octanol–water partition coefficient (Wildman–Crippen LogP) is 1.97. The van der Waals surface area contributed by atoms with Gasteiger partial charge in [0.2, 0.25) is 5.95 Å². The van der Waals surface area contributed by atoms with E-state index in [-0.39, 0.29) is 5.69 Å². The molecule has 5 heteroatoms. The van der Waals surface area contributed by atoms with Gasteiger partial charge in [0, 0.05) is 18.8 Å². The van der Waals surface area contributed by atoms with Crippen molar-refractivity contribution in [3.63, 3.8) is 0 Å². The molecular formula is C12H19N3O2. The zero-order valence-electron chi connectivity index (χ0n) is 10.8. The van der Waals surface area contributed by atoms with Crippen LogP contribution in [0.1, 0.15) is 37.0 Å². The zero-order valence-corrected chi connectivity index (χ0v) is 10.8. The molecule has 0 atom stereocenters. The van der Waals surface area contributed by atoms with Gasteiger partial charge >= 0.3 is 5.97 Å². The number of aromatic nitrogens is 2. The molecular weight excluding hydrogens is 218 g/mol. The van der Waals surface area contributed by atoms with Crippen molar-refractivity contribution in [2.24, 2.45) is 5.92 Å². The van der Waals surface area contributed by atoms with Crippen LogP contribution in [0.4, 0.5) is 5.95 Å². The van der Waals surface area contributed by atoms with Crippen LogP contribution in [0.25, 0.3) is 0 Å². The van der Waals surface area contributed by atoms with Crippen LogP contribution < -0.4 is 4.90 Å². The molecule has 1 aromatic heterocycles. The maximum Gasteiger partial charge on any atom is 0.354 e. The summed E-state index contributed by atoms with van der Waals surface area (Å²) in [6.45, 7) is 9.59. The molecule has 94 valence electrons. The third-order valence-corrected chi connectivity index (χ3v) is 2.31. The molecule has 1 heterocycles. The Kier molecular flexibility index (Phi) is 4.43. The summed E-state index contributed by atoms with van der Waals surface area (Å²) < 4.78 is 0. The maximum atomic E-state index is 10.9. The van der Waals surface area contributed by atoms with Crippen LogP contribution in [0.15, 0.2) is 6.07 Å². The summed E-state index contributed by atoms with van der Waals surface area (Å²) in [5.74, 6) is -0.0386. The first-order valence-electron chi connectivity index (χ1n) is 5.78. The van der Waals surface area contributed by atoms with Gasteiger partial charge in [-0.15, -0.1) is 0 Å². The van der Waals surface area contributed by atoms with Crippen molar-refractivity contribution >= 4 is 11.9 Å². The lowest BCUT2D eigenvalue weighted by Crippen LogP contribution is -2.29. The topological polar surface area (TPSA) is 66.3 Å². The summed E-state index contributed by atoms with van der Waals surface area (Å²) in [4.78, 5) is 21.3. The second-order valence-corrected chi connectivity index (χ2v) is 4.43. The Hall–Kier alpha value is -1.65. The van der Waals surface area contributed by atoms with E-state index in [2.05, 4.69) is 23.8 Å². The molecule has 0 fully saturated rings. The molecule has 0 bridgehead atoms. The Bertz CT molecular complexity index is 405. The molecule has 0 radical (unpaired) electrons. The highest BCUT2D eigenvalue weighted by Crippen LogP contribution is 2.12. The Morgan fingerprint density at radius 3 is 2.59 bits per heavy atom. The van der Waals surface area contributed by atoms with E-state index in [1.165, 1.54) is 6.07 Å². The third kappa shape index (κ3) is 3.69. The first kappa shape index (κ1) is 13.4. The van der Waals surface area contributed by atoms with Gasteiger partial charge in [0.15, 0.2) is 5.69 Å². The fourth-order valence-electron chi connectivity index (χ4n) is 1.60. The summed E-state index contributed by atoms with van der Waals surface area (Å²) in [7, 11) is 0. The van der Waals surface area contributed by atoms with Gasteiger partial charge in [-0.3, -0.25) is 0 Å². The van der Waals surface area contributed by atoms with Crippen molar-refractivity contribution < 1.29 is 9.90 Å². The van der Waals surface area contributed by atoms with Crippen molar-refractivity contribution in [3.8, 4) is 0 Å². The number of carboxylic acid groups (broad SMARTS) is 1. The number of anilines is 1. The average molecular weight is 237 g/mol. The minimum atomic E-state index is -1.02. The van der Waals surface area contributed by atoms with E-state index in [0.29, 0.717) is 17.6 Å². The van der Waals surface area contributed by atoms with Crippen LogP contribution in [-0.2, 0) is 0 Å². The normalized spacial score (nSPS) is 10.6. The van der Waals surface area contributed by atoms with Gasteiger partial charge < -0.3 is 10.0 Å². The Morgan fingerprint density at radius 2 is 2.12 bits per heavy atom. The third-order valence-electron chi connectivity index (χ3n) is 2.31. The quantitative estimate of drug-likeness (QED) is 0.848. The Labute approximate surface area is 102 Å². The second-order valence-electron chi connectivity index (χ2n) is 4.43. The number of carboxylic acids is 1. The van der Waals surface area contributed by atoms with Crippen LogP contribution >= 0.6 is 0 Å². The molecule has 5 nitrogen and oxygen atoms in total. The predicted molar refractivity (Wildman–Crippen MR) is 66.5 cm³/mol. The van der Waals surface area contributed by atoms with Crippen molar-refractivity contribution in [1.82, 2.24) is 9.97 Å². The van der Waals surface area contributed by atoms with Crippen molar-refractivity contribution in [3.05, 3.63) is 17.5 Å². The molecule has 0 saturated carbocycles. The molecule has 0 aliphatic carbocycles. The summed E-state index contributed by atoms with van der Waals surface area (Å²) in [6.07, 6.45) is 0. The minimum absolute atomic E-state index is 0.0507. The van der Waals surface area contributed by atoms with Crippen molar-refractivity contribution in [2.75, 3.05) is 18.0 Å². The molecule has 1 aromatic rings. The first-order chi connectivity index (χ1) is 7.93. The average Bonchev–Trinajstić information content (AvgIpc) is 2.24. The summed E-state index contributed by atoms with van der Waals surface area (Å²) >= 11 is 0. The lowest BCUT2D eigenvalue weighted by molar-refractivity contribution is 0.0690. The van der Waals surface area contributed by atoms with Gasteiger partial charge in [-0.1, -0.05) is 13.8 Å². The highest BCUT2D eigenvalue weighted by atomic mass is 16.4. The number of carbonyl (C=O) groups is 1. The van der Waals surface area contributed by atoms with Gasteiger partial charge in [-0.25, -0.2) is 14.8 Å². The molecule has 1 rings (SSSR count). The van der Waals surface area contributed by atoms with E-state index in [1.54, 1.807) is 6.92 Å². The summed E-state index contributed by atoms with van der Waals surface area (Å²) in [5, 5.41) is 8.96. The number of aromatic carboxylic acids is 1. The Balaban J connectivity index is 3.06. The summed E-state index contributed by atoms with van der Waals surface area (Å²) in [5.41, 5.74) is 0.726. The standard InChI is InChI=1S/C12H19N3O2/c1-5-15(7-8(2)3)12-13-9(4)6-10(14-12)11(16)17/h6,8H,5,7H2,1-4H3,(H,16,17). The smallest absolute Gasteiger partial charge is 0.354 e. The van der Waals surface area contributed by atoms with E-state index in [9.17, 15) is 4.79 Å². The first-order valence-corrected chi connectivity index (χ1v) is 5.78. The molecule has 0 saturated heterocycles. The Morgan fingerprint density at radius 1 is 1.47 bits per heavy atom.